The molecule has 0 spiro atoms. The van der Waals surface area contributed by atoms with E-state index in [1.807, 2.05) is 12.1 Å². The van der Waals surface area contributed by atoms with Crippen molar-refractivity contribution >= 4 is 11.6 Å². The van der Waals surface area contributed by atoms with Crippen molar-refractivity contribution in [3.8, 4) is 5.75 Å². The summed E-state index contributed by atoms with van der Waals surface area (Å²) in [7, 11) is 1.59. The molecule has 0 amide bonds. The lowest BCUT2D eigenvalue weighted by Gasteiger charge is -2.01. The lowest BCUT2D eigenvalue weighted by Crippen LogP contribution is -2.36. The first-order chi connectivity index (χ1) is 7.99. The largest absolute Gasteiger partial charge is 0.497 e. The Hall–Kier alpha value is -2.55. The van der Waals surface area contributed by atoms with E-state index in [9.17, 15) is 0 Å². The Kier molecular flexibility index (Phi) is 6.55. The van der Waals surface area contributed by atoms with Crippen LogP contribution in [0.3, 0.4) is 0 Å². The first-order valence-corrected chi connectivity index (χ1v) is 4.27. The summed E-state index contributed by atoms with van der Waals surface area (Å²) in [6, 6.07) is 7.20. The Morgan fingerprint density at radius 2 is 2.24 bits per heavy atom. The molecule has 0 aliphatic carbocycles. The molecule has 0 saturated heterocycles. The Labute approximate surface area is 96.8 Å². The van der Waals surface area contributed by atoms with Gasteiger partial charge in [-0.2, -0.15) is 0 Å². The van der Waals surface area contributed by atoms with Crippen LogP contribution in [0.4, 0.5) is 5.69 Å². The van der Waals surface area contributed by atoms with Crippen LogP contribution in [0.15, 0.2) is 29.3 Å². The number of hydrazine groups is 1. The smallest absolute Gasteiger partial charge is 0.291 e. The van der Waals surface area contributed by atoms with Crippen LogP contribution in [0.2, 0.25) is 0 Å². The first kappa shape index (κ1) is 14.5. The third-order valence-electron chi connectivity index (χ3n) is 1.45. The highest BCUT2D eigenvalue weighted by atomic mass is 16.9. The van der Waals surface area contributed by atoms with Crippen molar-refractivity contribution in [1.29, 1.82) is 0 Å². The molecule has 0 aliphatic rings. The zero-order chi connectivity index (χ0) is 13.3. The van der Waals surface area contributed by atoms with Crippen molar-refractivity contribution in [2.75, 3.05) is 7.11 Å². The molecular weight excluding hydrogens is 230 g/mol. The van der Waals surface area contributed by atoms with E-state index >= 15 is 0 Å². The predicted molar refractivity (Wildman–Crippen MR) is 60.4 cm³/mol. The molecule has 0 atom stereocenters. The second-order valence-electron chi connectivity index (χ2n) is 2.58. The Morgan fingerprint density at radius 3 is 2.71 bits per heavy atom. The molecule has 0 saturated carbocycles. The average Bonchev–Trinajstić information content (AvgIpc) is 2.28. The van der Waals surface area contributed by atoms with Gasteiger partial charge in [-0.1, -0.05) is 6.07 Å². The van der Waals surface area contributed by atoms with Gasteiger partial charge in [0.1, 0.15) is 5.75 Å². The van der Waals surface area contributed by atoms with Gasteiger partial charge in [0.25, 0.3) is 5.09 Å². The molecule has 0 heterocycles. The molecule has 0 radical (unpaired) electrons. The molecule has 94 valence electrons. The van der Waals surface area contributed by atoms with Crippen LogP contribution in [0, 0.1) is 10.1 Å². The third kappa shape index (κ3) is 7.39. The lowest BCUT2D eigenvalue weighted by atomic mass is 10.3. The molecule has 9 heteroatoms. The van der Waals surface area contributed by atoms with Crippen molar-refractivity contribution in [1.82, 2.24) is 5.43 Å². The van der Waals surface area contributed by atoms with Gasteiger partial charge >= 0.3 is 0 Å². The third-order valence-corrected chi connectivity index (χ3v) is 1.45. The lowest BCUT2D eigenvalue weighted by molar-refractivity contribution is -0.742. The Bertz CT molecular complexity index is 391. The molecular formula is C8H13N5O4. The number of nitrogens with zero attached hydrogens (tertiary/aromatic N) is 2. The molecule has 0 aromatic heterocycles. The summed E-state index contributed by atoms with van der Waals surface area (Å²) in [6.45, 7) is 0. The number of guanidine groups is 1. The van der Waals surface area contributed by atoms with E-state index < -0.39 is 5.09 Å². The van der Waals surface area contributed by atoms with Crippen molar-refractivity contribution in [2.24, 2.45) is 16.6 Å². The van der Waals surface area contributed by atoms with Gasteiger partial charge in [-0.15, -0.1) is 10.1 Å². The summed E-state index contributed by atoms with van der Waals surface area (Å²) < 4.78 is 5.01. The summed E-state index contributed by atoms with van der Waals surface area (Å²) >= 11 is 0. The van der Waals surface area contributed by atoms with Crippen molar-refractivity contribution < 1.29 is 15.0 Å². The van der Waals surface area contributed by atoms with Gasteiger partial charge in [-0.25, -0.2) is 10.8 Å². The minimum Gasteiger partial charge on any atom is -0.497 e. The van der Waals surface area contributed by atoms with Crippen LogP contribution in [0.1, 0.15) is 0 Å². The minimum absolute atomic E-state index is 0.160. The molecule has 0 unspecified atom stereocenters. The topological polar surface area (TPSA) is 149 Å². The van der Waals surface area contributed by atoms with Gasteiger partial charge in [-0.05, 0) is 12.1 Å². The number of aliphatic imine (C=N–C) groups is 1. The monoisotopic (exact) mass is 243 g/mol. The van der Waals surface area contributed by atoms with Crippen molar-refractivity contribution in [2.45, 2.75) is 0 Å². The van der Waals surface area contributed by atoms with Gasteiger partial charge in [0.05, 0.1) is 12.8 Å². The maximum absolute atomic E-state index is 8.36. The van der Waals surface area contributed by atoms with E-state index in [2.05, 4.69) is 10.4 Å². The van der Waals surface area contributed by atoms with E-state index in [0.717, 1.165) is 5.75 Å². The number of hydrogen-bond donors (Lipinski definition) is 4. The highest BCUT2D eigenvalue weighted by molar-refractivity contribution is 5.80. The van der Waals surface area contributed by atoms with Gasteiger partial charge in [0.2, 0.25) is 5.96 Å². The van der Waals surface area contributed by atoms with Crippen LogP contribution in [0.5, 0.6) is 5.75 Å². The fourth-order valence-corrected chi connectivity index (χ4v) is 0.851. The number of hydrogen-bond acceptors (Lipinski definition) is 5. The minimum atomic E-state index is -1.50. The number of ether oxygens (including phenoxy) is 1. The molecule has 17 heavy (non-hydrogen) atoms. The van der Waals surface area contributed by atoms with E-state index in [0.29, 0.717) is 5.69 Å². The highest BCUT2D eigenvalue weighted by Gasteiger charge is 1.93. The molecule has 1 rings (SSSR count). The highest BCUT2D eigenvalue weighted by Crippen LogP contribution is 2.18. The quantitative estimate of drug-likeness (QED) is 0.184. The average molecular weight is 243 g/mol. The molecule has 0 aliphatic heterocycles. The zero-order valence-electron chi connectivity index (χ0n) is 9.03. The summed E-state index contributed by atoms with van der Waals surface area (Å²) in [5.41, 5.74) is 8.30. The van der Waals surface area contributed by atoms with E-state index in [4.69, 9.17) is 31.6 Å². The summed E-state index contributed by atoms with van der Waals surface area (Å²) in [4.78, 5) is 12.3. The second kappa shape index (κ2) is 7.70. The molecule has 0 bridgehead atoms. The number of methoxy groups -OCH3 is 1. The van der Waals surface area contributed by atoms with Crippen molar-refractivity contribution in [3.05, 3.63) is 34.4 Å². The Balaban J connectivity index is 0.000000557. The standard InChI is InChI=1S/C8H12N4O.HNO3/c1-13-7-4-2-3-6(5-7)11-8(9)12-10;2-1(3)4/h2-5H,10H2,1H3,(H3,9,11,12);(H,2,3,4). The number of nitrogens with one attached hydrogen (secondary N) is 1. The van der Waals surface area contributed by atoms with Gasteiger partial charge in [0.15, 0.2) is 0 Å². The molecule has 1 aromatic carbocycles. The number of nitrogens with two attached hydrogens (primary N) is 2. The fraction of sp³-hybridized carbons (Fsp3) is 0.125. The fourth-order valence-electron chi connectivity index (χ4n) is 0.851. The maximum atomic E-state index is 8.36. The van der Waals surface area contributed by atoms with Crippen molar-refractivity contribution in [3.63, 3.8) is 0 Å². The van der Waals surface area contributed by atoms with Gasteiger partial charge in [-0.3, -0.25) is 5.43 Å². The predicted octanol–water partition coefficient (Wildman–Crippen LogP) is -0.243. The molecule has 6 N–H and O–H groups in total. The van der Waals surface area contributed by atoms with Crippen LogP contribution in [0.25, 0.3) is 0 Å². The summed E-state index contributed by atoms with van der Waals surface area (Å²) in [5.74, 6) is 5.94. The molecule has 9 nitrogen and oxygen atoms in total. The summed E-state index contributed by atoms with van der Waals surface area (Å²) in [5, 5.41) is 13.6. The van der Waals surface area contributed by atoms with Crippen LogP contribution in [-0.4, -0.2) is 23.4 Å². The number of benzene rings is 1. The molecule has 0 fully saturated rings. The molecule has 1 aromatic rings. The second-order valence-corrected chi connectivity index (χ2v) is 2.58. The Morgan fingerprint density at radius 1 is 1.65 bits per heavy atom. The van der Waals surface area contributed by atoms with E-state index in [1.165, 1.54) is 0 Å². The van der Waals surface area contributed by atoms with E-state index in [1.54, 1.807) is 19.2 Å². The van der Waals surface area contributed by atoms with Gasteiger partial charge in [0, 0.05) is 6.07 Å². The van der Waals surface area contributed by atoms with Crippen LogP contribution < -0.4 is 21.7 Å². The zero-order valence-corrected chi connectivity index (χ0v) is 9.03. The SMILES string of the molecule is COc1cccc(N=C(N)NN)c1.O=[N+]([O-])O. The summed E-state index contributed by atoms with van der Waals surface area (Å²) in [6.07, 6.45) is 0. The van der Waals surface area contributed by atoms with Crippen LogP contribution in [-0.2, 0) is 0 Å². The van der Waals surface area contributed by atoms with Gasteiger partial charge < -0.3 is 15.7 Å². The maximum Gasteiger partial charge on any atom is 0.291 e. The first-order valence-electron chi connectivity index (χ1n) is 4.27. The van der Waals surface area contributed by atoms with E-state index in [-0.39, 0.29) is 5.96 Å². The normalized spacial score (nSPS) is 9.88. The number of rotatable bonds is 2. The van der Waals surface area contributed by atoms with Crippen LogP contribution >= 0.6 is 0 Å².